The van der Waals surface area contributed by atoms with E-state index in [0.29, 0.717) is 41.8 Å². The van der Waals surface area contributed by atoms with Gasteiger partial charge in [-0.1, -0.05) is 54.6 Å². The Morgan fingerprint density at radius 3 is 1.94 bits per heavy atom. The average molecular weight is 434 g/mol. The van der Waals surface area contributed by atoms with E-state index < -0.39 is 0 Å². The molecule has 33 heavy (non-hydrogen) atoms. The number of amides is 2. The van der Waals surface area contributed by atoms with E-state index in [-0.39, 0.29) is 17.6 Å². The van der Waals surface area contributed by atoms with Crippen LogP contribution in [0.5, 0.6) is 0 Å². The lowest BCUT2D eigenvalue weighted by Gasteiger charge is -2.27. The zero-order valence-electron chi connectivity index (χ0n) is 18.0. The third-order valence-electron chi connectivity index (χ3n) is 5.93. The summed E-state index contributed by atoms with van der Waals surface area (Å²) in [5, 5.41) is 4.95. The lowest BCUT2D eigenvalue weighted by molar-refractivity contribution is 0.0610. The third-order valence-corrected chi connectivity index (χ3v) is 5.93. The van der Waals surface area contributed by atoms with Crippen LogP contribution in [-0.2, 0) is 0 Å². The molecular formula is C28H22N2O3. The highest BCUT2D eigenvalue weighted by Crippen LogP contribution is 2.30. The Bertz CT molecular complexity index is 1310. The largest absolute Gasteiger partial charge is 0.385 e. The van der Waals surface area contributed by atoms with E-state index in [9.17, 15) is 14.4 Å². The molecule has 0 unspecified atom stereocenters. The van der Waals surface area contributed by atoms with Crippen LogP contribution >= 0.6 is 0 Å². The Labute approximate surface area is 191 Å². The molecule has 1 heterocycles. The summed E-state index contributed by atoms with van der Waals surface area (Å²) in [7, 11) is 0. The molecule has 0 saturated heterocycles. The second-order valence-corrected chi connectivity index (χ2v) is 8.02. The fourth-order valence-electron chi connectivity index (χ4n) is 4.25. The van der Waals surface area contributed by atoms with Crippen molar-refractivity contribution < 1.29 is 14.4 Å². The molecule has 0 atom stereocenters. The van der Waals surface area contributed by atoms with Gasteiger partial charge in [0, 0.05) is 46.4 Å². The Kier molecular flexibility index (Phi) is 5.45. The van der Waals surface area contributed by atoms with Crippen molar-refractivity contribution in [2.75, 3.05) is 18.4 Å². The van der Waals surface area contributed by atoms with Crippen molar-refractivity contribution in [1.82, 2.24) is 4.90 Å². The minimum Gasteiger partial charge on any atom is -0.385 e. The highest BCUT2D eigenvalue weighted by atomic mass is 16.2. The number of ketones is 1. The monoisotopic (exact) mass is 434 g/mol. The first-order chi connectivity index (χ1) is 16.1. The molecule has 2 amide bonds. The molecule has 0 radical (unpaired) electrons. The summed E-state index contributed by atoms with van der Waals surface area (Å²) in [5.74, 6) is -0.499. The number of rotatable bonds is 7. The predicted octanol–water partition coefficient (Wildman–Crippen LogP) is 5.17. The molecule has 5 rings (SSSR count). The van der Waals surface area contributed by atoms with E-state index in [0.717, 1.165) is 16.5 Å². The van der Waals surface area contributed by atoms with Crippen molar-refractivity contribution in [3.63, 3.8) is 0 Å². The molecule has 0 bridgehead atoms. The van der Waals surface area contributed by atoms with Gasteiger partial charge in [-0.25, -0.2) is 0 Å². The summed E-state index contributed by atoms with van der Waals surface area (Å²) in [6.45, 7) is 0.925. The number of anilines is 1. The number of nitrogens with zero attached hydrogens (tertiary/aromatic N) is 1. The molecule has 5 nitrogen and oxygen atoms in total. The second kappa shape index (κ2) is 8.71. The van der Waals surface area contributed by atoms with Crippen LogP contribution in [0.25, 0.3) is 10.8 Å². The van der Waals surface area contributed by atoms with E-state index in [1.807, 2.05) is 54.6 Å². The Morgan fingerprint density at radius 1 is 0.697 bits per heavy atom. The van der Waals surface area contributed by atoms with Crippen molar-refractivity contribution in [3.8, 4) is 0 Å². The van der Waals surface area contributed by atoms with Gasteiger partial charge in [0.05, 0.1) is 0 Å². The van der Waals surface area contributed by atoms with Gasteiger partial charge in [-0.3, -0.25) is 19.3 Å². The molecule has 4 aromatic carbocycles. The van der Waals surface area contributed by atoms with Gasteiger partial charge in [-0.05, 0) is 48.2 Å². The van der Waals surface area contributed by atoms with Crippen molar-refractivity contribution in [1.29, 1.82) is 0 Å². The van der Waals surface area contributed by atoms with Gasteiger partial charge in [0.1, 0.15) is 0 Å². The van der Waals surface area contributed by atoms with E-state index in [4.69, 9.17) is 0 Å². The topological polar surface area (TPSA) is 66.5 Å². The number of hydrogen-bond donors (Lipinski definition) is 1. The number of benzene rings is 4. The standard InChI is InChI=1S/C28H22N2O3/c31-26(20-7-2-1-3-8-20)21-13-15-22(16-14-21)29-17-6-18-30-27(32)23-11-4-9-19-10-5-12-24(25(19)23)28(30)33/h1-5,7-16,29H,6,17-18H2. The Balaban J connectivity index is 1.20. The second-order valence-electron chi connectivity index (χ2n) is 8.02. The third kappa shape index (κ3) is 3.89. The van der Waals surface area contributed by atoms with Crippen LogP contribution in [-0.4, -0.2) is 35.6 Å². The molecule has 1 N–H and O–H groups in total. The molecule has 0 aromatic heterocycles. The quantitative estimate of drug-likeness (QED) is 0.248. The lowest BCUT2D eigenvalue weighted by atomic mass is 9.94. The molecule has 0 spiro atoms. The van der Waals surface area contributed by atoms with Crippen LogP contribution in [0.4, 0.5) is 5.69 Å². The summed E-state index contributed by atoms with van der Waals surface area (Å²) >= 11 is 0. The summed E-state index contributed by atoms with van der Waals surface area (Å²) in [4.78, 5) is 39.8. The first-order valence-electron chi connectivity index (χ1n) is 10.9. The lowest BCUT2D eigenvalue weighted by Crippen LogP contribution is -2.41. The minimum absolute atomic E-state index is 0.0143. The number of carbonyl (C=O) groups excluding carboxylic acids is 3. The van der Waals surface area contributed by atoms with Crippen molar-refractivity contribution in [3.05, 3.63) is 113 Å². The number of hydrogen-bond acceptors (Lipinski definition) is 4. The van der Waals surface area contributed by atoms with Crippen LogP contribution in [0, 0.1) is 0 Å². The number of carbonyl (C=O) groups is 3. The molecule has 1 aliphatic rings. The molecule has 4 aromatic rings. The van der Waals surface area contributed by atoms with E-state index >= 15 is 0 Å². The Morgan fingerprint density at radius 2 is 1.30 bits per heavy atom. The molecule has 162 valence electrons. The Hall–Kier alpha value is -4.25. The van der Waals surface area contributed by atoms with Gasteiger partial charge < -0.3 is 5.32 Å². The van der Waals surface area contributed by atoms with Crippen LogP contribution in [0.2, 0.25) is 0 Å². The van der Waals surface area contributed by atoms with Gasteiger partial charge in [0.25, 0.3) is 11.8 Å². The van der Waals surface area contributed by atoms with E-state index in [1.165, 1.54) is 4.90 Å². The van der Waals surface area contributed by atoms with Gasteiger partial charge in [-0.2, -0.15) is 0 Å². The molecular weight excluding hydrogens is 412 g/mol. The minimum atomic E-state index is -0.243. The van der Waals surface area contributed by atoms with E-state index in [1.54, 1.807) is 36.4 Å². The fraction of sp³-hybridized carbons (Fsp3) is 0.107. The predicted molar refractivity (Wildman–Crippen MR) is 129 cm³/mol. The van der Waals surface area contributed by atoms with Crippen LogP contribution in [0.3, 0.4) is 0 Å². The van der Waals surface area contributed by atoms with E-state index in [2.05, 4.69) is 5.32 Å². The maximum Gasteiger partial charge on any atom is 0.261 e. The maximum absolute atomic E-state index is 12.9. The SMILES string of the molecule is O=C(c1ccccc1)c1ccc(NCCCN2C(=O)c3cccc4cccc(c34)C2=O)cc1. The zero-order chi connectivity index (χ0) is 22.8. The van der Waals surface area contributed by atoms with Crippen LogP contribution in [0.1, 0.15) is 43.1 Å². The van der Waals surface area contributed by atoms with Crippen LogP contribution in [0.15, 0.2) is 91.0 Å². The first kappa shape index (κ1) is 20.6. The maximum atomic E-state index is 12.9. The normalized spacial score (nSPS) is 12.8. The highest BCUT2D eigenvalue weighted by Gasteiger charge is 2.32. The molecule has 5 heteroatoms. The summed E-state index contributed by atoms with van der Waals surface area (Å²) in [6.07, 6.45) is 0.611. The first-order valence-corrected chi connectivity index (χ1v) is 10.9. The molecule has 0 fully saturated rings. The van der Waals surface area contributed by atoms with Gasteiger partial charge in [0.15, 0.2) is 5.78 Å². The van der Waals surface area contributed by atoms with Gasteiger partial charge in [0.2, 0.25) is 0 Å². The fourth-order valence-corrected chi connectivity index (χ4v) is 4.25. The summed E-state index contributed by atoms with van der Waals surface area (Å²) < 4.78 is 0. The van der Waals surface area contributed by atoms with Gasteiger partial charge in [-0.15, -0.1) is 0 Å². The van der Waals surface area contributed by atoms with Crippen molar-refractivity contribution in [2.24, 2.45) is 0 Å². The molecule has 0 saturated carbocycles. The smallest absolute Gasteiger partial charge is 0.261 e. The number of imide groups is 1. The van der Waals surface area contributed by atoms with Gasteiger partial charge >= 0.3 is 0 Å². The molecule has 1 aliphatic heterocycles. The average Bonchev–Trinajstić information content (AvgIpc) is 2.87. The highest BCUT2D eigenvalue weighted by molar-refractivity contribution is 6.25. The molecule has 0 aliphatic carbocycles. The zero-order valence-corrected chi connectivity index (χ0v) is 18.0. The van der Waals surface area contributed by atoms with Crippen molar-refractivity contribution >= 4 is 34.1 Å². The van der Waals surface area contributed by atoms with Crippen LogP contribution < -0.4 is 5.32 Å². The summed E-state index contributed by atoms with van der Waals surface area (Å²) in [5.41, 5.74) is 3.32. The number of nitrogens with one attached hydrogen (secondary N) is 1. The van der Waals surface area contributed by atoms with Crippen molar-refractivity contribution in [2.45, 2.75) is 6.42 Å². The summed E-state index contributed by atoms with van der Waals surface area (Å²) in [6, 6.07) is 27.6.